The van der Waals surface area contributed by atoms with Gasteiger partial charge in [0, 0.05) is 9.75 Å². The first-order valence-corrected chi connectivity index (χ1v) is 7.64. The van der Waals surface area contributed by atoms with E-state index >= 15 is 0 Å². The smallest absolute Gasteiger partial charge is 0.311 e. The van der Waals surface area contributed by atoms with Crippen molar-refractivity contribution in [2.45, 2.75) is 32.8 Å². The van der Waals surface area contributed by atoms with Gasteiger partial charge in [-0.15, -0.1) is 11.3 Å². The summed E-state index contributed by atoms with van der Waals surface area (Å²) in [4.78, 5) is 14.0. The molecule has 0 unspecified atom stereocenters. The molecule has 0 N–H and O–H groups in total. The summed E-state index contributed by atoms with van der Waals surface area (Å²) < 4.78 is 10.6. The van der Waals surface area contributed by atoms with Crippen LogP contribution in [0.25, 0.3) is 10.4 Å². The van der Waals surface area contributed by atoms with Crippen molar-refractivity contribution in [3.8, 4) is 16.2 Å². The van der Waals surface area contributed by atoms with E-state index in [9.17, 15) is 4.79 Å². The van der Waals surface area contributed by atoms with E-state index in [1.165, 1.54) is 0 Å². The third-order valence-corrected chi connectivity index (χ3v) is 3.89. The molecule has 0 atom stereocenters. The molecule has 0 saturated heterocycles. The van der Waals surface area contributed by atoms with Crippen LogP contribution in [-0.2, 0) is 16.0 Å². The number of hydrogen-bond donors (Lipinski definition) is 0. The van der Waals surface area contributed by atoms with Gasteiger partial charge in [-0.25, -0.2) is 0 Å². The normalized spacial score (nSPS) is 11.2. The predicted molar refractivity (Wildman–Crippen MR) is 85.9 cm³/mol. The van der Waals surface area contributed by atoms with Crippen LogP contribution in [0.5, 0.6) is 5.75 Å². The maximum Gasteiger partial charge on any atom is 0.311 e. The Labute approximate surface area is 129 Å². The number of carbonyl (C=O) groups is 1. The summed E-state index contributed by atoms with van der Waals surface area (Å²) in [5.41, 5.74) is 0.652. The Morgan fingerprint density at radius 3 is 2.62 bits per heavy atom. The van der Waals surface area contributed by atoms with Crippen LogP contribution >= 0.6 is 11.3 Å². The summed E-state index contributed by atoms with van der Waals surface area (Å²) in [6.07, 6.45) is 0.311. The van der Waals surface area contributed by atoms with Crippen molar-refractivity contribution >= 4 is 17.3 Å². The fourth-order valence-corrected chi connectivity index (χ4v) is 2.91. The Kier molecular flexibility index (Phi) is 4.68. The molecular formula is C17H20O3S. The summed E-state index contributed by atoms with van der Waals surface area (Å²) in [5, 5.41) is 0. The fraction of sp³-hybridized carbons (Fsp3) is 0.353. The summed E-state index contributed by atoms with van der Waals surface area (Å²) >= 11 is 1.60. The van der Waals surface area contributed by atoms with E-state index in [2.05, 4.69) is 0 Å². The van der Waals surface area contributed by atoms with Gasteiger partial charge in [-0.1, -0.05) is 12.1 Å². The van der Waals surface area contributed by atoms with Crippen molar-refractivity contribution in [1.82, 2.24) is 0 Å². The van der Waals surface area contributed by atoms with Crippen molar-refractivity contribution < 1.29 is 14.3 Å². The Hall–Kier alpha value is -1.81. The number of ether oxygens (including phenoxy) is 2. The van der Waals surface area contributed by atoms with Crippen LogP contribution in [0, 0.1) is 0 Å². The predicted octanol–water partition coefficient (Wildman–Crippen LogP) is 4.31. The molecule has 112 valence electrons. The van der Waals surface area contributed by atoms with Gasteiger partial charge in [0.05, 0.1) is 13.5 Å². The third-order valence-electron chi connectivity index (χ3n) is 2.75. The number of benzene rings is 1. The van der Waals surface area contributed by atoms with Crippen molar-refractivity contribution in [3.05, 3.63) is 41.3 Å². The highest BCUT2D eigenvalue weighted by molar-refractivity contribution is 7.15. The summed E-state index contributed by atoms with van der Waals surface area (Å²) in [6.45, 7) is 5.63. The molecule has 0 spiro atoms. The third kappa shape index (κ3) is 4.60. The molecular weight excluding hydrogens is 284 g/mol. The lowest BCUT2D eigenvalue weighted by molar-refractivity contribution is -0.153. The van der Waals surface area contributed by atoms with E-state index in [0.717, 1.165) is 21.1 Å². The first-order valence-electron chi connectivity index (χ1n) is 6.82. The van der Waals surface area contributed by atoms with Crippen molar-refractivity contribution in [2.75, 3.05) is 7.11 Å². The topological polar surface area (TPSA) is 35.5 Å². The second kappa shape index (κ2) is 6.31. The number of esters is 1. The van der Waals surface area contributed by atoms with Gasteiger partial charge in [0.25, 0.3) is 0 Å². The zero-order valence-corrected chi connectivity index (χ0v) is 13.6. The van der Waals surface area contributed by atoms with Crippen LogP contribution in [0.3, 0.4) is 0 Å². The number of rotatable bonds is 4. The second-order valence-corrected chi connectivity index (χ2v) is 6.93. The highest BCUT2D eigenvalue weighted by atomic mass is 32.1. The monoisotopic (exact) mass is 304 g/mol. The van der Waals surface area contributed by atoms with Gasteiger partial charge in [0.1, 0.15) is 11.4 Å². The molecule has 4 heteroatoms. The lowest BCUT2D eigenvalue weighted by Gasteiger charge is -2.19. The van der Waals surface area contributed by atoms with E-state index in [1.54, 1.807) is 18.4 Å². The molecule has 0 bridgehead atoms. The molecule has 0 aliphatic rings. The van der Waals surface area contributed by atoms with E-state index in [1.807, 2.05) is 57.2 Å². The van der Waals surface area contributed by atoms with Gasteiger partial charge in [0.15, 0.2) is 0 Å². The SMILES string of the molecule is COc1cccc(-c2ccc(CC(=O)OC(C)(C)C)s2)c1. The van der Waals surface area contributed by atoms with Gasteiger partial charge in [-0.3, -0.25) is 4.79 Å². The van der Waals surface area contributed by atoms with Gasteiger partial charge in [-0.2, -0.15) is 0 Å². The minimum Gasteiger partial charge on any atom is -0.497 e. The molecule has 21 heavy (non-hydrogen) atoms. The van der Waals surface area contributed by atoms with Crippen LogP contribution in [-0.4, -0.2) is 18.7 Å². The van der Waals surface area contributed by atoms with E-state index < -0.39 is 5.60 Å². The Bertz CT molecular complexity index is 623. The number of methoxy groups -OCH3 is 1. The molecule has 2 aromatic rings. The summed E-state index contributed by atoms with van der Waals surface area (Å²) in [6, 6.07) is 11.9. The zero-order chi connectivity index (χ0) is 15.5. The highest BCUT2D eigenvalue weighted by Crippen LogP contribution is 2.30. The number of carbonyl (C=O) groups excluding carboxylic acids is 1. The lowest BCUT2D eigenvalue weighted by atomic mass is 10.2. The molecule has 0 aliphatic carbocycles. The minimum absolute atomic E-state index is 0.193. The second-order valence-electron chi connectivity index (χ2n) is 5.76. The summed E-state index contributed by atoms with van der Waals surface area (Å²) in [5.74, 6) is 0.635. The maximum absolute atomic E-state index is 11.8. The van der Waals surface area contributed by atoms with Crippen LogP contribution in [0.15, 0.2) is 36.4 Å². The molecule has 1 aromatic carbocycles. The van der Waals surface area contributed by atoms with E-state index in [-0.39, 0.29) is 5.97 Å². The van der Waals surface area contributed by atoms with Crippen LogP contribution in [0.1, 0.15) is 25.6 Å². The molecule has 0 fully saturated rings. The van der Waals surface area contributed by atoms with Crippen molar-refractivity contribution in [2.24, 2.45) is 0 Å². The highest BCUT2D eigenvalue weighted by Gasteiger charge is 2.17. The van der Waals surface area contributed by atoms with Gasteiger partial charge in [-0.05, 0) is 50.6 Å². The van der Waals surface area contributed by atoms with Crippen molar-refractivity contribution in [3.63, 3.8) is 0 Å². The first-order chi connectivity index (χ1) is 9.87. The largest absolute Gasteiger partial charge is 0.497 e. The van der Waals surface area contributed by atoms with E-state index in [0.29, 0.717) is 6.42 Å². The molecule has 2 rings (SSSR count). The van der Waals surface area contributed by atoms with Crippen LogP contribution in [0.2, 0.25) is 0 Å². The van der Waals surface area contributed by atoms with Gasteiger partial charge in [0.2, 0.25) is 0 Å². The van der Waals surface area contributed by atoms with Crippen molar-refractivity contribution in [1.29, 1.82) is 0 Å². The Morgan fingerprint density at radius 1 is 1.19 bits per heavy atom. The first kappa shape index (κ1) is 15.6. The molecule has 3 nitrogen and oxygen atoms in total. The number of thiophene rings is 1. The quantitative estimate of drug-likeness (QED) is 0.790. The van der Waals surface area contributed by atoms with E-state index in [4.69, 9.17) is 9.47 Å². The lowest BCUT2D eigenvalue weighted by Crippen LogP contribution is -2.24. The Morgan fingerprint density at radius 2 is 1.95 bits per heavy atom. The summed E-state index contributed by atoms with van der Waals surface area (Å²) in [7, 11) is 1.65. The van der Waals surface area contributed by atoms with Crippen LogP contribution in [0.4, 0.5) is 0 Å². The standard InChI is InChI=1S/C17H20O3S/c1-17(2,3)20-16(18)11-14-8-9-15(21-14)12-6-5-7-13(10-12)19-4/h5-10H,11H2,1-4H3. The maximum atomic E-state index is 11.8. The molecule has 1 aromatic heterocycles. The molecule has 1 heterocycles. The molecule has 0 aliphatic heterocycles. The molecule has 0 saturated carbocycles. The number of hydrogen-bond acceptors (Lipinski definition) is 4. The minimum atomic E-state index is -0.441. The van der Waals surface area contributed by atoms with Crippen LogP contribution < -0.4 is 4.74 Å². The fourth-order valence-electron chi connectivity index (χ4n) is 1.92. The average molecular weight is 304 g/mol. The Balaban J connectivity index is 2.09. The molecule has 0 amide bonds. The zero-order valence-electron chi connectivity index (χ0n) is 12.8. The average Bonchev–Trinajstić information content (AvgIpc) is 2.85. The molecule has 0 radical (unpaired) electrons. The van der Waals surface area contributed by atoms with Gasteiger partial charge >= 0.3 is 5.97 Å². The van der Waals surface area contributed by atoms with Gasteiger partial charge < -0.3 is 9.47 Å².